The maximum absolute atomic E-state index is 11.8. The lowest BCUT2D eigenvalue weighted by Gasteiger charge is -2.43. The Kier molecular flexibility index (Phi) is 9.11. The number of hydrogen-bond donors (Lipinski definition) is 2. The summed E-state index contributed by atoms with van der Waals surface area (Å²) in [5.41, 5.74) is 0. The van der Waals surface area contributed by atoms with Crippen molar-refractivity contribution in [1.29, 1.82) is 0 Å². The minimum absolute atomic E-state index is 0.00695. The van der Waals surface area contributed by atoms with Crippen LogP contribution in [0.1, 0.15) is 34.1 Å². The molecule has 0 aromatic heterocycles. The lowest BCUT2D eigenvalue weighted by atomic mass is 9.88. The van der Waals surface area contributed by atoms with Gasteiger partial charge in [0, 0.05) is 26.3 Å². The summed E-state index contributed by atoms with van der Waals surface area (Å²) >= 11 is 0. The Morgan fingerprint density at radius 3 is 2.18 bits per heavy atom. The van der Waals surface area contributed by atoms with Crippen LogP contribution in [-0.2, 0) is 38.7 Å². The molecule has 2 N–H and O–H groups in total. The molecule has 1 amide bonds. The van der Waals surface area contributed by atoms with E-state index in [1.807, 2.05) is 0 Å². The summed E-state index contributed by atoms with van der Waals surface area (Å²) < 4.78 is 51.2. The fourth-order valence-electron chi connectivity index (χ4n) is 2.74. The summed E-state index contributed by atoms with van der Waals surface area (Å²) in [6.07, 6.45) is -3.77. The number of carbonyl (C=O) groups excluding carboxylic acids is 3. The molecule has 0 aromatic carbocycles. The lowest BCUT2D eigenvalue weighted by molar-refractivity contribution is -0.225. The molecule has 1 heterocycles. The van der Waals surface area contributed by atoms with Crippen molar-refractivity contribution >= 4 is 28.1 Å². The van der Waals surface area contributed by atoms with Gasteiger partial charge in [0.1, 0.15) is 18.8 Å². The van der Waals surface area contributed by atoms with Crippen LogP contribution in [-0.4, -0.2) is 74.3 Å². The second-order valence-corrected chi connectivity index (χ2v) is 8.12. The van der Waals surface area contributed by atoms with Crippen molar-refractivity contribution in [1.82, 2.24) is 5.32 Å². The standard InChI is InChI=1S/C16H27NO10S/c1-9-10(2)25-13(15(27-12(4)19)14(9)26-11(3)18)8-24-16(20)17-6-5-7-28(21,22)23/h9-10,13-15H,5-8H2,1-4H3,(H,17,20)(H,21,22,23)/t9-,10-,13+,14+,15+/m0/s1. The number of hydrogen-bond acceptors (Lipinski definition) is 9. The largest absolute Gasteiger partial charge is 0.458 e. The van der Waals surface area contributed by atoms with Gasteiger partial charge in [0.15, 0.2) is 6.10 Å². The van der Waals surface area contributed by atoms with Gasteiger partial charge in [0.25, 0.3) is 10.1 Å². The molecule has 0 radical (unpaired) electrons. The summed E-state index contributed by atoms with van der Waals surface area (Å²) in [5.74, 6) is -1.90. The van der Waals surface area contributed by atoms with Crippen LogP contribution in [0.25, 0.3) is 0 Å². The molecule has 11 nitrogen and oxygen atoms in total. The quantitative estimate of drug-likeness (QED) is 0.240. The predicted octanol–water partition coefficient (Wildman–Crippen LogP) is 0.277. The molecule has 28 heavy (non-hydrogen) atoms. The van der Waals surface area contributed by atoms with E-state index in [4.69, 9.17) is 23.5 Å². The molecule has 1 saturated heterocycles. The van der Waals surface area contributed by atoms with E-state index in [2.05, 4.69) is 5.32 Å². The molecular weight excluding hydrogens is 398 g/mol. The van der Waals surface area contributed by atoms with Gasteiger partial charge in [-0.05, 0) is 13.3 Å². The van der Waals surface area contributed by atoms with Crippen LogP contribution in [0.4, 0.5) is 4.79 Å². The van der Waals surface area contributed by atoms with Gasteiger partial charge in [0.2, 0.25) is 0 Å². The van der Waals surface area contributed by atoms with Crippen molar-refractivity contribution in [2.75, 3.05) is 18.9 Å². The van der Waals surface area contributed by atoms with Crippen molar-refractivity contribution in [3.8, 4) is 0 Å². The van der Waals surface area contributed by atoms with Gasteiger partial charge < -0.3 is 24.3 Å². The Hall–Kier alpha value is -1.92. The molecule has 0 bridgehead atoms. The Morgan fingerprint density at radius 1 is 1.07 bits per heavy atom. The van der Waals surface area contributed by atoms with Crippen LogP contribution in [0, 0.1) is 5.92 Å². The molecule has 0 aliphatic carbocycles. The van der Waals surface area contributed by atoms with Crippen LogP contribution in [0.15, 0.2) is 0 Å². The number of nitrogens with one attached hydrogen (secondary N) is 1. The zero-order chi connectivity index (χ0) is 21.5. The van der Waals surface area contributed by atoms with E-state index in [1.54, 1.807) is 13.8 Å². The fraction of sp³-hybridized carbons (Fsp3) is 0.812. The van der Waals surface area contributed by atoms with E-state index in [9.17, 15) is 22.8 Å². The van der Waals surface area contributed by atoms with E-state index >= 15 is 0 Å². The molecule has 0 unspecified atom stereocenters. The number of esters is 2. The molecule has 0 saturated carbocycles. The van der Waals surface area contributed by atoms with E-state index in [-0.39, 0.29) is 31.6 Å². The average molecular weight is 425 g/mol. The SMILES string of the molecule is CC(=O)O[C@@H]1[C@@H](C)[C@H](C)O[C@H](COC(=O)NCCCS(=O)(=O)O)[C@H]1OC(C)=O. The average Bonchev–Trinajstić information content (AvgIpc) is 2.55. The third-order valence-electron chi connectivity index (χ3n) is 4.17. The van der Waals surface area contributed by atoms with Crippen molar-refractivity contribution in [3.63, 3.8) is 0 Å². The van der Waals surface area contributed by atoms with E-state index in [1.165, 1.54) is 13.8 Å². The number of ether oxygens (including phenoxy) is 4. The highest BCUT2D eigenvalue weighted by atomic mass is 32.2. The third-order valence-corrected chi connectivity index (χ3v) is 4.97. The summed E-state index contributed by atoms with van der Waals surface area (Å²) in [4.78, 5) is 34.6. The van der Waals surface area contributed by atoms with Crippen LogP contribution >= 0.6 is 0 Å². The minimum Gasteiger partial charge on any atom is -0.458 e. The topological polar surface area (TPSA) is 155 Å². The Morgan fingerprint density at radius 2 is 1.64 bits per heavy atom. The Balaban J connectivity index is 2.67. The van der Waals surface area contributed by atoms with Crippen LogP contribution in [0.2, 0.25) is 0 Å². The highest BCUT2D eigenvalue weighted by Crippen LogP contribution is 2.30. The zero-order valence-electron chi connectivity index (χ0n) is 16.2. The van der Waals surface area contributed by atoms with E-state index < -0.39 is 52.2 Å². The molecule has 1 aliphatic heterocycles. The van der Waals surface area contributed by atoms with Gasteiger partial charge in [-0.2, -0.15) is 8.42 Å². The molecule has 0 spiro atoms. The van der Waals surface area contributed by atoms with Gasteiger partial charge in [-0.15, -0.1) is 0 Å². The summed E-state index contributed by atoms with van der Waals surface area (Å²) in [5, 5.41) is 2.33. The monoisotopic (exact) mass is 425 g/mol. The smallest absolute Gasteiger partial charge is 0.407 e. The second kappa shape index (κ2) is 10.6. The number of amides is 1. The molecule has 1 aliphatic rings. The van der Waals surface area contributed by atoms with Gasteiger partial charge in [-0.1, -0.05) is 6.92 Å². The van der Waals surface area contributed by atoms with Crippen LogP contribution in [0.3, 0.4) is 0 Å². The van der Waals surface area contributed by atoms with Crippen molar-refractivity contribution in [2.45, 2.75) is 58.5 Å². The van der Waals surface area contributed by atoms with Gasteiger partial charge >= 0.3 is 18.0 Å². The van der Waals surface area contributed by atoms with Gasteiger partial charge in [-0.3, -0.25) is 14.1 Å². The third kappa shape index (κ3) is 8.40. The molecule has 5 atom stereocenters. The maximum Gasteiger partial charge on any atom is 0.407 e. The molecule has 162 valence electrons. The molecule has 12 heteroatoms. The predicted molar refractivity (Wildman–Crippen MR) is 95.0 cm³/mol. The van der Waals surface area contributed by atoms with Gasteiger partial charge in [-0.25, -0.2) is 4.79 Å². The maximum atomic E-state index is 11.8. The van der Waals surface area contributed by atoms with E-state index in [0.717, 1.165) is 0 Å². The molecule has 1 rings (SSSR count). The normalized spacial score (nSPS) is 27.5. The molecule has 0 aromatic rings. The summed E-state index contributed by atoms with van der Waals surface area (Å²) in [7, 11) is -4.10. The number of alkyl carbamates (subject to hydrolysis) is 1. The molecular formula is C16H27NO10S. The zero-order valence-corrected chi connectivity index (χ0v) is 17.1. The number of rotatable bonds is 8. The first-order chi connectivity index (χ1) is 12.9. The first-order valence-electron chi connectivity index (χ1n) is 8.76. The van der Waals surface area contributed by atoms with Crippen molar-refractivity contribution < 1.29 is 46.3 Å². The first-order valence-corrected chi connectivity index (χ1v) is 10.4. The van der Waals surface area contributed by atoms with Crippen LogP contribution < -0.4 is 5.32 Å². The molecule has 1 fully saturated rings. The Bertz CT molecular complexity index is 664. The summed E-state index contributed by atoms with van der Waals surface area (Å²) in [6.45, 7) is 5.68. The minimum atomic E-state index is -4.10. The Labute approximate surface area is 163 Å². The highest BCUT2D eigenvalue weighted by molar-refractivity contribution is 7.85. The number of carbonyl (C=O) groups is 3. The first kappa shape index (κ1) is 24.1. The van der Waals surface area contributed by atoms with Crippen molar-refractivity contribution in [3.05, 3.63) is 0 Å². The van der Waals surface area contributed by atoms with Crippen molar-refractivity contribution in [2.24, 2.45) is 5.92 Å². The highest BCUT2D eigenvalue weighted by Gasteiger charge is 2.46. The van der Waals surface area contributed by atoms with Crippen LogP contribution in [0.5, 0.6) is 0 Å². The second-order valence-electron chi connectivity index (χ2n) is 6.55. The van der Waals surface area contributed by atoms with Gasteiger partial charge in [0.05, 0.1) is 11.9 Å². The fourth-order valence-corrected chi connectivity index (χ4v) is 3.25. The summed E-state index contributed by atoms with van der Waals surface area (Å²) in [6, 6.07) is 0. The van der Waals surface area contributed by atoms with E-state index in [0.29, 0.717) is 0 Å². The lowest BCUT2D eigenvalue weighted by Crippen LogP contribution is -2.57.